The number of morpholine rings is 1. The second-order valence-corrected chi connectivity index (χ2v) is 6.64. The van der Waals surface area contributed by atoms with Crippen LogP contribution in [0.2, 0.25) is 0 Å². The van der Waals surface area contributed by atoms with Crippen molar-refractivity contribution in [3.05, 3.63) is 29.8 Å². The summed E-state index contributed by atoms with van der Waals surface area (Å²) in [7, 11) is -3.55. The highest BCUT2D eigenvalue weighted by Crippen LogP contribution is 2.21. The number of nitrogens with zero attached hydrogens (tertiary/aromatic N) is 1. The van der Waals surface area contributed by atoms with Gasteiger partial charge in [-0.25, -0.2) is 8.42 Å². The lowest BCUT2D eigenvalue weighted by Crippen LogP contribution is -2.46. The van der Waals surface area contributed by atoms with Gasteiger partial charge in [0.15, 0.2) is 0 Å². The third-order valence-corrected chi connectivity index (χ3v) is 5.22. The standard InChI is InChI=1S/C13H17NO5S/c1-10-9-19-7-6-14(10)20(17,18)12-4-2-11(3-5-12)8-13(15)16/h2-5,10H,6-9H2,1H3,(H,15,16)/t10-/m1/s1. The van der Waals surface area contributed by atoms with E-state index in [0.29, 0.717) is 25.3 Å². The number of rotatable bonds is 4. The molecule has 1 saturated heterocycles. The largest absolute Gasteiger partial charge is 0.481 e. The Morgan fingerprint density at radius 3 is 2.60 bits per heavy atom. The Morgan fingerprint density at radius 2 is 2.05 bits per heavy atom. The van der Waals surface area contributed by atoms with E-state index in [1.54, 1.807) is 6.92 Å². The maximum atomic E-state index is 12.5. The first-order chi connectivity index (χ1) is 9.41. The van der Waals surface area contributed by atoms with E-state index in [4.69, 9.17) is 9.84 Å². The van der Waals surface area contributed by atoms with Gasteiger partial charge in [-0.05, 0) is 24.6 Å². The summed E-state index contributed by atoms with van der Waals surface area (Å²) in [6.45, 7) is 2.91. The molecule has 1 heterocycles. The molecule has 7 heteroatoms. The number of carboxylic acid groups (broad SMARTS) is 1. The molecule has 0 aromatic heterocycles. The van der Waals surface area contributed by atoms with Crippen LogP contribution < -0.4 is 0 Å². The molecule has 1 N–H and O–H groups in total. The summed E-state index contributed by atoms with van der Waals surface area (Å²) in [5.41, 5.74) is 0.575. The highest BCUT2D eigenvalue weighted by Gasteiger charge is 2.31. The predicted molar refractivity (Wildman–Crippen MR) is 72.0 cm³/mol. The van der Waals surface area contributed by atoms with E-state index in [9.17, 15) is 13.2 Å². The van der Waals surface area contributed by atoms with Crippen molar-refractivity contribution < 1.29 is 23.1 Å². The molecule has 20 heavy (non-hydrogen) atoms. The van der Waals surface area contributed by atoms with Gasteiger partial charge in [-0.2, -0.15) is 4.31 Å². The van der Waals surface area contributed by atoms with Crippen molar-refractivity contribution in [3.8, 4) is 0 Å². The van der Waals surface area contributed by atoms with Gasteiger partial charge in [0.25, 0.3) is 0 Å². The molecule has 0 amide bonds. The number of ether oxygens (including phenoxy) is 1. The SMILES string of the molecule is C[C@@H]1COCCN1S(=O)(=O)c1ccc(CC(=O)O)cc1. The van der Waals surface area contributed by atoms with Crippen LogP contribution in [0.4, 0.5) is 0 Å². The van der Waals surface area contributed by atoms with Gasteiger partial charge in [0.1, 0.15) is 0 Å². The molecule has 1 fully saturated rings. The van der Waals surface area contributed by atoms with Crippen LogP contribution in [-0.2, 0) is 26.0 Å². The number of aliphatic carboxylic acids is 1. The van der Waals surface area contributed by atoms with Crippen LogP contribution in [-0.4, -0.2) is 49.6 Å². The molecule has 0 saturated carbocycles. The fourth-order valence-corrected chi connectivity index (χ4v) is 3.76. The fraction of sp³-hybridized carbons (Fsp3) is 0.462. The molecule has 0 spiro atoms. The maximum absolute atomic E-state index is 12.5. The van der Waals surface area contributed by atoms with Crippen molar-refractivity contribution in [2.75, 3.05) is 19.8 Å². The van der Waals surface area contributed by atoms with E-state index >= 15 is 0 Å². The minimum atomic E-state index is -3.55. The van der Waals surface area contributed by atoms with Gasteiger partial charge in [-0.3, -0.25) is 4.79 Å². The van der Waals surface area contributed by atoms with Gasteiger partial charge in [0.2, 0.25) is 10.0 Å². The summed E-state index contributed by atoms with van der Waals surface area (Å²) < 4.78 is 31.6. The first-order valence-corrected chi connectivity index (χ1v) is 7.75. The average Bonchev–Trinajstić information content (AvgIpc) is 2.39. The topological polar surface area (TPSA) is 83.9 Å². The maximum Gasteiger partial charge on any atom is 0.307 e. The van der Waals surface area contributed by atoms with Gasteiger partial charge < -0.3 is 9.84 Å². The number of carboxylic acids is 1. The summed E-state index contributed by atoms with van der Waals surface area (Å²) >= 11 is 0. The zero-order valence-corrected chi connectivity index (χ0v) is 12.0. The minimum absolute atomic E-state index is 0.117. The highest BCUT2D eigenvalue weighted by molar-refractivity contribution is 7.89. The Morgan fingerprint density at radius 1 is 1.40 bits per heavy atom. The average molecular weight is 299 g/mol. The lowest BCUT2D eigenvalue weighted by atomic mass is 10.2. The molecule has 1 aliphatic rings. The number of hydrogen-bond donors (Lipinski definition) is 1. The molecule has 2 rings (SSSR count). The quantitative estimate of drug-likeness (QED) is 0.886. The molecular formula is C13H17NO5S. The summed E-state index contributed by atoms with van der Waals surface area (Å²) in [4.78, 5) is 10.8. The summed E-state index contributed by atoms with van der Waals surface area (Å²) in [5, 5.41) is 8.69. The second-order valence-electron chi connectivity index (χ2n) is 4.75. The van der Waals surface area contributed by atoms with Gasteiger partial charge in [-0.15, -0.1) is 0 Å². The number of benzene rings is 1. The molecule has 0 unspecified atom stereocenters. The highest BCUT2D eigenvalue weighted by atomic mass is 32.2. The van der Waals surface area contributed by atoms with E-state index in [-0.39, 0.29) is 17.4 Å². The fourth-order valence-electron chi connectivity index (χ4n) is 2.16. The van der Waals surface area contributed by atoms with E-state index in [2.05, 4.69) is 0 Å². The molecule has 0 radical (unpaired) electrons. The van der Waals surface area contributed by atoms with E-state index in [0.717, 1.165) is 0 Å². The van der Waals surface area contributed by atoms with Gasteiger partial charge >= 0.3 is 5.97 Å². The Kier molecular flexibility index (Phi) is 4.42. The molecular weight excluding hydrogens is 282 g/mol. The molecule has 1 aromatic carbocycles. The molecule has 1 aliphatic heterocycles. The number of hydrogen-bond acceptors (Lipinski definition) is 4. The third kappa shape index (κ3) is 3.17. The van der Waals surface area contributed by atoms with Crippen LogP contribution in [0.1, 0.15) is 12.5 Å². The summed E-state index contributed by atoms with van der Waals surface area (Å²) in [6, 6.07) is 5.77. The minimum Gasteiger partial charge on any atom is -0.481 e. The van der Waals surface area contributed by atoms with E-state index < -0.39 is 16.0 Å². The molecule has 0 aliphatic carbocycles. The van der Waals surface area contributed by atoms with Crippen molar-refractivity contribution in [2.45, 2.75) is 24.3 Å². The Labute approximate surface area is 118 Å². The third-order valence-electron chi connectivity index (χ3n) is 3.19. The number of carbonyl (C=O) groups is 1. The smallest absolute Gasteiger partial charge is 0.307 e. The lowest BCUT2D eigenvalue weighted by molar-refractivity contribution is -0.136. The van der Waals surface area contributed by atoms with E-state index in [1.807, 2.05) is 0 Å². The van der Waals surface area contributed by atoms with Crippen LogP contribution >= 0.6 is 0 Å². The molecule has 110 valence electrons. The van der Waals surface area contributed by atoms with Gasteiger partial charge in [0.05, 0.1) is 24.5 Å². The first-order valence-electron chi connectivity index (χ1n) is 6.31. The van der Waals surface area contributed by atoms with Crippen molar-refractivity contribution in [3.63, 3.8) is 0 Å². The van der Waals surface area contributed by atoms with Crippen molar-refractivity contribution in [1.82, 2.24) is 4.31 Å². The van der Waals surface area contributed by atoms with Crippen LogP contribution in [0.3, 0.4) is 0 Å². The number of sulfonamides is 1. The monoisotopic (exact) mass is 299 g/mol. The van der Waals surface area contributed by atoms with Crippen molar-refractivity contribution >= 4 is 16.0 Å². The zero-order chi connectivity index (χ0) is 14.8. The molecule has 6 nitrogen and oxygen atoms in total. The Bertz CT molecular complexity index is 581. The molecule has 1 atom stereocenters. The Balaban J connectivity index is 2.23. The van der Waals surface area contributed by atoms with Crippen LogP contribution in [0.5, 0.6) is 0 Å². The van der Waals surface area contributed by atoms with Crippen LogP contribution in [0, 0.1) is 0 Å². The zero-order valence-electron chi connectivity index (χ0n) is 11.2. The van der Waals surface area contributed by atoms with E-state index in [1.165, 1.54) is 28.6 Å². The molecule has 0 bridgehead atoms. The summed E-state index contributed by atoms with van der Waals surface area (Å²) in [6.07, 6.45) is -0.117. The normalized spacial score (nSPS) is 20.8. The molecule has 1 aromatic rings. The van der Waals surface area contributed by atoms with Crippen LogP contribution in [0.25, 0.3) is 0 Å². The van der Waals surface area contributed by atoms with Crippen LogP contribution in [0.15, 0.2) is 29.2 Å². The summed E-state index contributed by atoms with van der Waals surface area (Å²) in [5.74, 6) is -0.942. The Hall–Kier alpha value is -1.44. The van der Waals surface area contributed by atoms with Gasteiger partial charge in [0, 0.05) is 12.6 Å². The lowest BCUT2D eigenvalue weighted by Gasteiger charge is -2.32. The first kappa shape index (κ1) is 15.0. The van der Waals surface area contributed by atoms with Crippen molar-refractivity contribution in [2.24, 2.45) is 0 Å². The van der Waals surface area contributed by atoms with Crippen molar-refractivity contribution in [1.29, 1.82) is 0 Å². The van der Waals surface area contributed by atoms with Gasteiger partial charge in [-0.1, -0.05) is 12.1 Å². The second kappa shape index (κ2) is 5.90. The predicted octanol–water partition coefficient (Wildman–Crippen LogP) is 0.723.